The van der Waals surface area contributed by atoms with Gasteiger partial charge in [-0.15, -0.1) is 0 Å². The Kier molecular flexibility index (Phi) is 5.04. The molecule has 3 rings (SSSR count). The Balaban J connectivity index is 2.33. The van der Waals surface area contributed by atoms with E-state index in [9.17, 15) is 14.7 Å². The zero-order valence-corrected chi connectivity index (χ0v) is 14.6. The van der Waals surface area contributed by atoms with Gasteiger partial charge in [-0.05, 0) is 43.3 Å². The average molecular weight is 371 g/mol. The molecule has 132 valence electrons. The molecule has 0 aliphatic carbocycles. The fourth-order valence-electron chi connectivity index (χ4n) is 2.52. The molecule has 1 aromatic heterocycles. The van der Waals surface area contributed by atoms with E-state index in [4.69, 9.17) is 16.3 Å². The van der Waals surface area contributed by atoms with Crippen molar-refractivity contribution in [3.63, 3.8) is 0 Å². The predicted octanol–water partition coefficient (Wildman–Crippen LogP) is 3.69. The molecule has 0 fully saturated rings. The van der Waals surface area contributed by atoms with Crippen LogP contribution in [0, 0.1) is 0 Å². The van der Waals surface area contributed by atoms with Gasteiger partial charge in [-0.2, -0.15) is 5.10 Å². The van der Waals surface area contributed by atoms with E-state index in [0.29, 0.717) is 22.0 Å². The molecule has 7 heteroatoms. The highest BCUT2D eigenvalue weighted by Crippen LogP contribution is 2.25. The van der Waals surface area contributed by atoms with Crippen molar-refractivity contribution in [3.8, 4) is 11.4 Å². The zero-order chi connectivity index (χ0) is 18.7. The molecule has 26 heavy (non-hydrogen) atoms. The van der Waals surface area contributed by atoms with Crippen molar-refractivity contribution in [2.24, 2.45) is 0 Å². The number of carbonyl (C=O) groups is 1. The largest absolute Gasteiger partial charge is 0.489 e. The molecule has 0 radical (unpaired) electrons. The van der Waals surface area contributed by atoms with Gasteiger partial charge in [-0.1, -0.05) is 29.8 Å². The highest BCUT2D eigenvalue weighted by atomic mass is 35.5. The number of halogens is 1. The Labute approximate surface area is 153 Å². The van der Waals surface area contributed by atoms with Gasteiger partial charge in [0, 0.05) is 5.02 Å². The second-order valence-electron chi connectivity index (χ2n) is 5.40. The van der Waals surface area contributed by atoms with E-state index in [1.807, 2.05) is 13.0 Å². The first-order chi connectivity index (χ1) is 12.5. The molecule has 0 saturated carbocycles. The van der Waals surface area contributed by atoms with Gasteiger partial charge in [0.15, 0.2) is 0 Å². The maximum Gasteiger partial charge on any atom is 0.360 e. The Bertz CT molecular complexity index is 1060. The molecule has 0 amide bonds. The number of allylic oxidation sites excluding steroid dienone is 1. The maximum absolute atomic E-state index is 12.7. The van der Waals surface area contributed by atoms with E-state index < -0.39 is 17.1 Å². The molecule has 0 aliphatic rings. The monoisotopic (exact) mass is 370 g/mol. The molecule has 2 aromatic carbocycles. The lowest BCUT2D eigenvalue weighted by Crippen LogP contribution is -2.23. The van der Waals surface area contributed by atoms with Gasteiger partial charge in [-0.3, -0.25) is 4.79 Å². The molecule has 1 heterocycles. The fourth-order valence-corrected chi connectivity index (χ4v) is 2.64. The van der Waals surface area contributed by atoms with Gasteiger partial charge in [0.05, 0.1) is 16.6 Å². The lowest BCUT2D eigenvalue weighted by Gasteiger charge is -2.13. The minimum Gasteiger partial charge on any atom is -0.489 e. The quantitative estimate of drug-likeness (QED) is 0.692. The zero-order valence-electron chi connectivity index (χ0n) is 13.8. The summed E-state index contributed by atoms with van der Waals surface area (Å²) in [7, 11) is 0. The van der Waals surface area contributed by atoms with Crippen LogP contribution in [-0.4, -0.2) is 27.5 Å². The van der Waals surface area contributed by atoms with E-state index >= 15 is 0 Å². The van der Waals surface area contributed by atoms with Crippen LogP contribution >= 0.6 is 11.6 Å². The van der Waals surface area contributed by atoms with Crippen LogP contribution in [0.2, 0.25) is 5.02 Å². The number of carboxylic acids is 1. The summed E-state index contributed by atoms with van der Waals surface area (Å²) in [5.74, 6) is -1.10. The van der Waals surface area contributed by atoms with Crippen molar-refractivity contribution >= 4 is 28.5 Å². The van der Waals surface area contributed by atoms with Crippen LogP contribution in [0.25, 0.3) is 16.6 Å². The number of nitrogens with zero attached hydrogens (tertiary/aromatic N) is 2. The number of ether oxygens (including phenoxy) is 1. The molecule has 0 atom stereocenters. The normalized spacial score (nSPS) is 11.2. The summed E-state index contributed by atoms with van der Waals surface area (Å²) < 4.78 is 7.05. The Morgan fingerprint density at radius 1 is 1.27 bits per heavy atom. The summed E-state index contributed by atoms with van der Waals surface area (Å²) >= 11 is 5.92. The summed E-state index contributed by atoms with van der Waals surface area (Å²) in [6, 6.07) is 11.8. The average Bonchev–Trinajstić information content (AvgIpc) is 2.63. The van der Waals surface area contributed by atoms with Gasteiger partial charge < -0.3 is 9.84 Å². The molecular formula is C19H15ClN2O4. The van der Waals surface area contributed by atoms with Gasteiger partial charge in [0.1, 0.15) is 12.4 Å². The highest BCUT2D eigenvalue weighted by Gasteiger charge is 2.20. The first-order valence-corrected chi connectivity index (χ1v) is 8.20. The van der Waals surface area contributed by atoms with Crippen LogP contribution < -0.4 is 10.2 Å². The number of rotatable bonds is 5. The number of hydrogen-bond acceptors (Lipinski definition) is 4. The van der Waals surface area contributed by atoms with E-state index in [2.05, 4.69) is 5.10 Å². The summed E-state index contributed by atoms with van der Waals surface area (Å²) in [6.45, 7) is 2.12. The van der Waals surface area contributed by atoms with Crippen LogP contribution in [-0.2, 0) is 0 Å². The van der Waals surface area contributed by atoms with E-state index in [-0.39, 0.29) is 12.0 Å². The molecule has 6 nitrogen and oxygen atoms in total. The molecule has 0 saturated heterocycles. The third kappa shape index (κ3) is 3.32. The van der Waals surface area contributed by atoms with Crippen LogP contribution in [0.3, 0.4) is 0 Å². The van der Waals surface area contributed by atoms with Crippen LogP contribution in [0.5, 0.6) is 5.75 Å². The summed E-state index contributed by atoms with van der Waals surface area (Å²) in [6.07, 6.45) is 3.61. The smallest absolute Gasteiger partial charge is 0.360 e. The number of carboxylic acid groups (broad SMARTS) is 1. The molecule has 1 N–H and O–H groups in total. The fraction of sp³-hybridized carbons (Fsp3) is 0.105. The number of aromatic nitrogens is 2. The maximum atomic E-state index is 12.7. The Hall–Kier alpha value is -3.12. The van der Waals surface area contributed by atoms with Crippen molar-refractivity contribution in [3.05, 3.63) is 75.6 Å². The molecule has 0 aliphatic heterocycles. The van der Waals surface area contributed by atoms with E-state index in [0.717, 1.165) is 0 Å². The first-order valence-electron chi connectivity index (χ1n) is 7.82. The third-order valence-corrected chi connectivity index (χ3v) is 3.97. The van der Waals surface area contributed by atoms with Crippen LogP contribution in [0.4, 0.5) is 0 Å². The summed E-state index contributed by atoms with van der Waals surface area (Å²) in [5.41, 5.74) is -0.240. The van der Waals surface area contributed by atoms with Crippen molar-refractivity contribution in [2.75, 3.05) is 6.61 Å². The number of benzene rings is 2. The second kappa shape index (κ2) is 7.41. The number of aromatic carboxylic acids is 1. The minimum atomic E-state index is -1.40. The van der Waals surface area contributed by atoms with E-state index in [1.165, 1.54) is 4.68 Å². The number of fused-ring (bicyclic) bond motifs is 1. The van der Waals surface area contributed by atoms with Gasteiger partial charge in [0.25, 0.3) is 0 Å². The second-order valence-corrected chi connectivity index (χ2v) is 5.84. The van der Waals surface area contributed by atoms with Crippen molar-refractivity contribution in [1.82, 2.24) is 9.78 Å². The summed E-state index contributed by atoms with van der Waals surface area (Å²) in [5, 5.41) is 14.1. The molecule has 0 bridgehead atoms. The van der Waals surface area contributed by atoms with Crippen molar-refractivity contribution in [2.45, 2.75) is 6.92 Å². The third-order valence-electron chi connectivity index (χ3n) is 3.72. The first kappa shape index (κ1) is 17.7. The van der Waals surface area contributed by atoms with Gasteiger partial charge in [0.2, 0.25) is 11.1 Å². The van der Waals surface area contributed by atoms with Crippen LogP contribution in [0.1, 0.15) is 17.4 Å². The SMILES string of the molecule is C/C=C/COc1cccc2c1c(=O)c(C(=O)O)nn2-c1ccc(Cl)cc1. The lowest BCUT2D eigenvalue weighted by molar-refractivity contribution is 0.0687. The van der Waals surface area contributed by atoms with E-state index in [1.54, 1.807) is 48.5 Å². The molecule has 0 unspecified atom stereocenters. The summed E-state index contributed by atoms with van der Waals surface area (Å²) in [4.78, 5) is 24.2. The minimum absolute atomic E-state index is 0.166. The molecular weight excluding hydrogens is 356 g/mol. The topological polar surface area (TPSA) is 81.4 Å². The standard InChI is InChI=1S/C19H15ClN2O4/c1-2-3-11-26-15-6-4-5-14-16(15)18(23)17(19(24)25)21-22(14)13-9-7-12(20)8-10-13/h2-10H,11H2,1H3,(H,24,25)/b3-2+. The van der Waals surface area contributed by atoms with Crippen molar-refractivity contribution in [1.29, 1.82) is 0 Å². The van der Waals surface area contributed by atoms with Crippen LogP contribution in [0.15, 0.2) is 59.4 Å². The predicted molar refractivity (Wildman–Crippen MR) is 99.6 cm³/mol. The van der Waals surface area contributed by atoms with Gasteiger partial charge in [-0.25, -0.2) is 9.48 Å². The molecule has 3 aromatic rings. The Morgan fingerprint density at radius 2 is 2.00 bits per heavy atom. The highest BCUT2D eigenvalue weighted by molar-refractivity contribution is 6.30. The van der Waals surface area contributed by atoms with Gasteiger partial charge >= 0.3 is 5.97 Å². The van der Waals surface area contributed by atoms with Crippen molar-refractivity contribution < 1.29 is 14.6 Å². The number of hydrogen-bond donors (Lipinski definition) is 1. The molecule has 0 spiro atoms. The Morgan fingerprint density at radius 3 is 2.65 bits per heavy atom. The lowest BCUT2D eigenvalue weighted by atomic mass is 10.1.